The largest absolute Gasteiger partial charge is 0.481 e. The average molecular weight is 609 g/mol. The second-order valence-corrected chi connectivity index (χ2v) is 11.6. The lowest BCUT2D eigenvalue weighted by atomic mass is 9.93. The van der Waals surface area contributed by atoms with E-state index in [4.69, 9.17) is 0 Å². The highest BCUT2D eigenvalue weighted by atomic mass is 16.4. The van der Waals surface area contributed by atoms with Crippen molar-refractivity contribution in [2.24, 2.45) is 5.92 Å². The minimum absolute atomic E-state index is 0.0802. The summed E-state index contributed by atoms with van der Waals surface area (Å²) in [5, 5.41) is 19.3. The predicted octanol–water partition coefficient (Wildman–Crippen LogP) is 12.3. The lowest BCUT2D eigenvalue weighted by Gasteiger charge is -2.11. The van der Waals surface area contributed by atoms with E-state index in [0.717, 1.165) is 32.1 Å². The van der Waals surface area contributed by atoms with Gasteiger partial charge in [0.05, 0.1) is 11.5 Å². The highest BCUT2D eigenvalue weighted by molar-refractivity contribution is 5.94. The van der Waals surface area contributed by atoms with Gasteiger partial charge in [0.25, 0.3) is 0 Å². The van der Waals surface area contributed by atoms with Crippen LogP contribution in [-0.4, -0.2) is 22.2 Å². The molecular weight excluding hydrogens is 544 g/mol. The molecule has 248 valence electrons. The van der Waals surface area contributed by atoms with Gasteiger partial charge in [-0.3, -0.25) is 4.79 Å². The number of rotatable bonds is 30. The van der Waals surface area contributed by atoms with Crippen molar-refractivity contribution >= 4 is 11.9 Å². The topological polar surface area (TPSA) is 74.6 Å². The summed E-state index contributed by atoms with van der Waals surface area (Å²) in [6, 6.07) is 0. The molecule has 0 aliphatic heterocycles. The first-order chi connectivity index (χ1) is 21.5. The van der Waals surface area contributed by atoms with Crippen LogP contribution in [0.15, 0.2) is 84.6 Å². The molecule has 0 saturated heterocycles. The summed E-state index contributed by atoms with van der Waals surface area (Å²) in [7, 11) is 0. The van der Waals surface area contributed by atoms with Gasteiger partial charge in [-0.25, -0.2) is 4.79 Å². The van der Waals surface area contributed by atoms with Crippen molar-refractivity contribution < 1.29 is 19.8 Å². The van der Waals surface area contributed by atoms with Gasteiger partial charge in [0.2, 0.25) is 0 Å². The standard InChI is InChI=1S/C40H64O4/c1-3-5-7-9-11-13-15-17-19-21-23-25-27-29-31-33-35-37(39(41)42)38(40(43)44)36-34-32-30-28-26-24-22-20-18-16-14-12-10-8-6-4-2/h11,13,17,19,23,25,28-32,34,36-37H,3-10,12,14-16,18,20-22,24,26-27,33,35H2,1-2H3,(H,41,42)(H,43,44)/b13-11-,19-17-,25-23-,30-28+,31-29-,34-32+,38-36-. The Labute approximate surface area is 270 Å². The molecule has 1 atom stereocenters. The van der Waals surface area contributed by atoms with Gasteiger partial charge in [-0.1, -0.05) is 170 Å². The second-order valence-electron chi connectivity index (χ2n) is 11.6. The number of aliphatic carboxylic acids is 2. The SMILES string of the molecule is CCCCC/C=C\C/C=C\C/C=C\C/C=C\CCC(C(=O)O)/C(=C/C=C/C=C/CCCCCCCCCCCCC)C(=O)O. The quantitative estimate of drug-likeness (QED) is 0.0368. The number of hydrogen-bond donors (Lipinski definition) is 2. The molecule has 0 aliphatic rings. The van der Waals surface area contributed by atoms with E-state index in [9.17, 15) is 19.8 Å². The van der Waals surface area contributed by atoms with Crippen molar-refractivity contribution in [3.8, 4) is 0 Å². The van der Waals surface area contributed by atoms with Crippen molar-refractivity contribution in [1.29, 1.82) is 0 Å². The summed E-state index contributed by atoms with van der Waals surface area (Å²) in [5.41, 5.74) is -0.0802. The van der Waals surface area contributed by atoms with Crippen LogP contribution in [0.5, 0.6) is 0 Å². The highest BCUT2D eigenvalue weighted by Gasteiger charge is 2.26. The first-order valence-corrected chi connectivity index (χ1v) is 17.6. The smallest absolute Gasteiger partial charge is 0.332 e. The average Bonchev–Trinajstić information content (AvgIpc) is 3.00. The fraction of sp³-hybridized carbons (Fsp3) is 0.600. The summed E-state index contributed by atoms with van der Waals surface area (Å²) < 4.78 is 0. The van der Waals surface area contributed by atoms with Crippen LogP contribution in [0.1, 0.15) is 149 Å². The number of hydrogen-bond acceptors (Lipinski definition) is 2. The first-order valence-electron chi connectivity index (χ1n) is 17.6. The molecular formula is C40H64O4. The molecule has 0 rings (SSSR count). The molecule has 1 unspecified atom stereocenters. The molecule has 0 amide bonds. The van der Waals surface area contributed by atoms with Gasteiger partial charge in [0.1, 0.15) is 0 Å². The Balaban J connectivity index is 4.26. The van der Waals surface area contributed by atoms with E-state index < -0.39 is 17.9 Å². The zero-order valence-electron chi connectivity index (χ0n) is 28.1. The molecule has 4 heteroatoms. The van der Waals surface area contributed by atoms with Crippen LogP contribution in [0.3, 0.4) is 0 Å². The van der Waals surface area contributed by atoms with E-state index in [1.54, 1.807) is 12.2 Å². The van der Waals surface area contributed by atoms with Gasteiger partial charge >= 0.3 is 11.9 Å². The number of unbranched alkanes of at least 4 members (excludes halogenated alkanes) is 14. The Bertz CT molecular complexity index is 900. The molecule has 0 heterocycles. The van der Waals surface area contributed by atoms with Crippen LogP contribution >= 0.6 is 0 Å². The third kappa shape index (κ3) is 27.9. The van der Waals surface area contributed by atoms with Crippen LogP contribution < -0.4 is 0 Å². The fourth-order valence-corrected chi connectivity index (χ4v) is 4.90. The van der Waals surface area contributed by atoms with E-state index in [-0.39, 0.29) is 12.0 Å². The molecule has 0 aromatic rings. The fourth-order valence-electron chi connectivity index (χ4n) is 4.90. The molecule has 0 aliphatic carbocycles. The second kappa shape index (κ2) is 33.0. The molecule has 0 fully saturated rings. The molecule has 4 nitrogen and oxygen atoms in total. The number of allylic oxidation sites excluding steroid dienone is 13. The van der Waals surface area contributed by atoms with Crippen molar-refractivity contribution in [2.45, 2.75) is 149 Å². The Kier molecular flexibility index (Phi) is 30.9. The summed E-state index contributed by atoms with van der Waals surface area (Å²) in [6.07, 6.45) is 49.9. The Morgan fingerprint density at radius 1 is 0.500 bits per heavy atom. The Morgan fingerprint density at radius 3 is 1.45 bits per heavy atom. The van der Waals surface area contributed by atoms with Gasteiger partial charge in [0, 0.05) is 0 Å². The monoisotopic (exact) mass is 608 g/mol. The third-order valence-corrected chi connectivity index (χ3v) is 7.61. The summed E-state index contributed by atoms with van der Waals surface area (Å²) >= 11 is 0. The zero-order valence-corrected chi connectivity index (χ0v) is 28.1. The molecule has 0 spiro atoms. The number of carbonyl (C=O) groups is 2. The van der Waals surface area contributed by atoms with Gasteiger partial charge in [-0.05, 0) is 57.8 Å². The molecule has 44 heavy (non-hydrogen) atoms. The minimum Gasteiger partial charge on any atom is -0.481 e. The van der Waals surface area contributed by atoms with Crippen LogP contribution in [0.4, 0.5) is 0 Å². The van der Waals surface area contributed by atoms with Crippen LogP contribution in [-0.2, 0) is 9.59 Å². The third-order valence-electron chi connectivity index (χ3n) is 7.61. The minimum atomic E-state index is -1.18. The normalized spacial score (nSPS) is 13.6. The maximum absolute atomic E-state index is 11.8. The van der Waals surface area contributed by atoms with Crippen molar-refractivity contribution in [3.05, 3.63) is 84.6 Å². The lowest BCUT2D eigenvalue weighted by molar-refractivity contribution is -0.144. The van der Waals surface area contributed by atoms with Gasteiger partial charge in [-0.15, -0.1) is 0 Å². The van der Waals surface area contributed by atoms with E-state index in [0.29, 0.717) is 6.42 Å². The van der Waals surface area contributed by atoms with Gasteiger partial charge in [0.15, 0.2) is 0 Å². The van der Waals surface area contributed by atoms with E-state index >= 15 is 0 Å². The molecule has 0 saturated carbocycles. The molecule has 0 radical (unpaired) electrons. The number of carboxylic acids is 2. The van der Waals surface area contributed by atoms with Crippen LogP contribution in [0.2, 0.25) is 0 Å². The number of carboxylic acid groups (broad SMARTS) is 2. The molecule has 0 aromatic heterocycles. The summed E-state index contributed by atoms with van der Waals surface area (Å²) in [5.74, 6) is -3.32. The maximum atomic E-state index is 11.8. The predicted molar refractivity (Wildman–Crippen MR) is 190 cm³/mol. The van der Waals surface area contributed by atoms with Gasteiger partial charge in [-0.2, -0.15) is 0 Å². The van der Waals surface area contributed by atoms with Crippen molar-refractivity contribution in [1.82, 2.24) is 0 Å². The van der Waals surface area contributed by atoms with E-state index in [1.165, 1.54) is 96.0 Å². The molecule has 0 bridgehead atoms. The lowest BCUT2D eigenvalue weighted by Crippen LogP contribution is -2.21. The van der Waals surface area contributed by atoms with Crippen molar-refractivity contribution in [2.75, 3.05) is 0 Å². The molecule has 0 aromatic carbocycles. The molecule has 2 N–H and O–H groups in total. The Morgan fingerprint density at radius 2 is 0.932 bits per heavy atom. The van der Waals surface area contributed by atoms with Crippen molar-refractivity contribution in [3.63, 3.8) is 0 Å². The van der Waals surface area contributed by atoms with E-state index in [2.05, 4.69) is 56.4 Å². The highest BCUT2D eigenvalue weighted by Crippen LogP contribution is 2.19. The maximum Gasteiger partial charge on any atom is 0.332 e. The first kappa shape index (κ1) is 41.1. The summed E-state index contributed by atoms with van der Waals surface area (Å²) in [6.45, 7) is 4.48. The van der Waals surface area contributed by atoms with Gasteiger partial charge < -0.3 is 10.2 Å². The summed E-state index contributed by atoms with van der Waals surface area (Å²) in [4.78, 5) is 23.6. The van der Waals surface area contributed by atoms with Crippen LogP contribution in [0, 0.1) is 5.92 Å². The van der Waals surface area contributed by atoms with E-state index in [1.807, 2.05) is 18.2 Å². The zero-order chi connectivity index (χ0) is 32.4. The Hall–Kier alpha value is -2.88. The van der Waals surface area contributed by atoms with Crippen LogP contribution in [0.25, 0.3) is 0 Å².